The maximum atomic E-state index is 12.9. The van der Waals surface area contributed by atoms with Gasteiger partial charge in [-0.1, -0.05) is 18.2 Å². The topological polar surface area (TPSA) is 50.4 Å². The lowest BCUT2D eigenvalue weighted by molar-refractivity contribution is 0.249. The van der Waals surface area contributed by atoms with Crippen LogP contribution in [0.4, 0.5) is 14.9 Å². The fourth-order valence-corrected chi connectivity index (χ4v) is 1.90. The summed E-state index contributed by atoms with van der Waals surface area (Å²) < 4.78 is 18.0. The number of halogens is 1. The molecule has 0 fully saturated rings. The van der Waals surface area contributed by atoms with Gasteiger partial charge in [-0.25, -0.2) is 9.18 Å². The van der Waals surface area contributed by atoms with E-state index < -0.39 is 0 Å². The molecule has 2 N–H and O–H groups in total. The van der Waals surface area contributed by atoms with E-state index in [2.05, 4.69) is 10.6 Å². The first kappa shape index (κ1) is 14.8. The number of carbonyl (C=O) groups excluding carboxylic acids is 1. The fraction of sp³-hybridized carbons (Fsp3) is 0.188. The Kier molecular flexibility index (Phi) is 4.77. The minimum absolute atomic E-state index is 0.226. The lowest BCUT2D eigenvalue weighted by Gasteiger charge is -2.15. The van der Waals surface area contributed by atoms with Crippen molar-refractivity contribution < 1.29 is 13.9 Å². The van der Waals surface area contributed by atoms with Gasteiger partial charge in [0, 0.05) is 11.8 Å². The standard InChI is InChI=1S/C16H17FN2O2/c1-11(12-6-8-13(17)9-7-12)18-16(20)19-14-4-3-5-15(10-14)21-2/h3-11H,1-2H3,(H2,18,19,20)/t11-/m1/s1. The monoisotopic (exact) mass is 288 g/mol. The van der Waals surface area contributed by atoms with Gasteiger partial charge in [-0.15, -0.1) is 0 Å². The summed E-state index contributed by atoms with van der Waals surface area (Å²) in [5, 5.41) is 5.51. The number of rotatable bonds is 4. The van der Waals surface area contributed by atoms with E-state index in [0.29, 0.717) is 11.4 Å². The zero-order valence-corrected chi connectivity index (χ0v) is 11.9. The van der Waals surface area contributed by atoms with Crippen LogP contribution in [0, 0.1) is 5.82 Å². The molecule has 1 atom stereocenters. The summed E-state index contributed by atoms with van der Waals surface area (Å²) in [6.45, 7) is 1.83. The highest BCUT2D eigenvalue weighted by atomic mass is 19.1. The molecule has 110 valence electrons. The van der Waals surface area contributed by atoms with Gasteiger partial charge < -0.3 is 15.4 Å². The van der Waals surface area contributed by atoms with E-state index in [1.54, 1.807) is 43.5 Å². The molecule has 0 aliphatic heterocycles. The first-order valence-electron chi connectivity index (χ1n) is 6.55. The summed E-state index contributed by atoms with van der Waals surface area (Å²) in [5.74, 6) is 0.367. The third-order valence-corrected chi connectivity index (χ3v) is 3.05. The van der Waals surface area contributed by atoms with Gasteiger partial charge >= 0.3 is 6.03 Å². The van der Waals surface area contributed by atoms with E-state index in [9.17, 15) is 9.18 Å². The van der Waals surface area contributed by atoms with Crippen molar-refractivity contribution in [3.05, 3.63) is 59.9 Å². The SMILES string of the molecule is COc1cccc(NC(=O)N[C@H](C)c2ccc(F)cc2)c1. The van der Waals surface area contributed by atoms with Crippen LogP contribution in [-0.2, 0) is 0 Å². The summed E-state index contributed by atoms with van der Waals surface area (Å²) in [6, 6.07) is 12.5. The van der Waals surface area contributed by atoms with Crippen molar-refractivity contribution in [3.63, 3.8) is 0 Å². The van der Waals surface area contributed by atoms with Crippen molar-refractivity contribution in [1.82, 2.24) is 5.32 Å². The van der Waals surface area contributed by atoms with Crippen LogP contribution in [0.1, 0.15) is 18.5 Å². The first-order valence-corrected chi connectivity index (χ1v) is 6.55. The molecule has 2 aromatic carbocycles. The molecule has 0 spiro atoms. The average Bonchev–Trinajstić information content (AvgIpc) is 2.47. The Morgan fingerprint density at radius 2 is 1.90 bits per heavy atom. The number of anilines is 1. The molecule has 0 aliphatic carbocycles. The maximum absolute atomic E-state index is 12.9. The van der Waals surface area contributed by atoms with Gasteiger partial charge in [0.25, 0.3) is 0 Å². The Hall–Kier alpha value is -2.56. The smallest absolute Gasteiger partial charge is 0.319 e. The van der Waals surface area contributed by atoms with Gasteiger partial charge in [0.2, 0.25) is 0 Å². The Balaban J connectivity index is 1.96. The molecule has 0 radical (unpaired) electrons. The number of benzene rings is 2. The molecule has 2 aromatic rings. The highest BCUT2D eigenvalue weighted by molar-refractivity contribution is 5.89. The van der Waals surface area contributed by atoms with E-state index in [-0.39, 0.29) is 17.9 Å². The maximum Gasteiger partial charge on any atom is 0.319 e. The molecule has 0 aliphatic rings. The second-order valence-electron chi connectivity index (χ2n) is 4.60. The Bertz CT molecular complexity index is 614. The Morgan fingerprint density at radius 3 is 2.57 bits per heavy atom. The minimum Gasteiger partial charge on any atom is -0.497 e. The summed E-state index contributed by atoms with van der Waals surface area (Å²) in [5.41, 5.74) is 1.47. The molecule has 0 saturated carbocycles. The van der Waals surface area contributed by atoms with E-state index in [1.165, 1.54) is 12.1 Å². The molecule has 2 amide bonds. The molecule has 5 heteroatoms. The van der Waals surface area contributed by atoms with Crippen molar-refractivity contribution >= 4 is 11.7 Å². The fourth-order valence-electron chi connectivity index (χ4n) is 1.90. The summed E-state index contributed by atoms with van der Waals surface area (Å²) in [4.78, 5) is 11.9. The third-order valence-electron chi connectivity index (χ3n) is 3.05. The number of urea groups is 1. The van der Waals surface area contributed by atoms with Crippen molar-refractivity contribution in [1.29, 1.82) is 0 Å². The van der Waals surface area contributed by atoms with E-state index in [4.69, 9.17) is 4.74 Å². The van der Waals surface area contributed by atoms with Crippen LogP contribution in [0.25, 0.3) is 0 Å². The number of nitrogens with one attached hydrogen (secondary N) is 2. The average molecular weight is 288 g/mol. The highest BCUT2D eigenvalue weighted by Gasteiger charge is 2.09. The molecule has 2 rings (SSSR count). The summed E-state index contributed by atoms with van der Waals surface area (Å²) >= 11 is 0. The normalized spacial score (nSPS) is 11.6. The Morgan fingerprint density at radius 1 is 1.19 bits per heavy atom. The largest absolute Gasteiger partial charge is 0.497 e. The quantitative estimate of drug-likeness (QED) is 0.901. The molecule has 4 nitrogen and oxygen atoms in total. The molecular formula is C16H17FN2O2. The second-order valence-corrected chi connectivity index (χ2v) is 4.60. The molecule has 0 heterocycles. The van der Waals surface area contributed by atoms with Gasteiger partial charge in [0.05, 0.1) is 13.2 Å². The number of hydrogen-bond acceptors (Lipinski definition) is 2. The highest BCUT2D eigenvalue weighted by Crippen LogP contribution is 2.17. The van der Waals surface area contributed by atoms with Crippen LogP contribution < -0.4 is 15.4 Å². The predicted octanol–water partition coefficient (Wildman–Crippen LogP) is 3.72. The van der Waals surface area contributed by atoms with E-state index in [1.807, 2.05) is 6.92 Å². The number of amides is 2. The number of hydrogen-bond donors (Lipinski definition) is 2. The zero-order valence-electron chi connectivity index (χ0n) is 11.9. The third kappa shape index (κ3) is 4.21. The Labute approximate surface area is 122 Å². The van der Waals surface area contributed by atoms with Crippen LogP contribution in [-0.4, -0.2) is 13.1 Å². The van der Waals surface area contributed by atoms with Gasteiger partial charge in [-0.3, -0.25) is 0 Å². The number of carbonyl (C=O) groups is 1. The first-order chi connectivity index (χ1) is 10.1. The predicted molar refractivity (Wildman–Crippen MR) is 80.0 cm³/mol. The van der Waals surface area contributed by atoms with E-state index in [0.717, 1.165) is 5.56 Å². The summed E-state index contributed by atoms with van der Waals surface area (Å²) in [6.07, 6.45) is 0. The molecule has 0 saturated heterocycles. The van der Waals surface area contributed by atoms with Crippen molar-refractivity contribution in [2.75, 3.05) is 12.4 Å². The molecule has 0 aromatic heterocycles. The lowest BCUT2D eigenvalue weighted by Crippen LogP contribution is -2.31. The van der Waals surface area contributed by atoms with Gasteiger partial charge in [0.15, 0.2) is 0 Å². The van der Waals surface area contributed by atoms with Crippen molar-refractivity contribution in [2.24, 2.45) is 0 Å². The van der Waals surface area contributed by atoms with Crippen LogP contribution in [0.5, 0.6) is 5.75 Å². The molecule has 21 heavy (non-hydrogen) atoms. The lowest BCUT2D eigenvalue weighted by atomic mass is 10.1. The van der Waals surface area contributed by atoms with Crippen LogP contribution in [0.15, 0.2) is 48.5 Å². The van der Waals surface area contributed by atoms with Crippen molar-refractivity contribution in [2.45, 2.75) is 13.0 Å². The number of methoxy groups -OCH3 is 1. The van der Waals surface area contributed by atoms with Crippen LogP contribution in [0.3, 0.4) is 0 Å². The second kappa shape index (κ2) is 6.74. The zero-order chi connectivity index (χ0) is 15.2. The molecular weight excluding hydrogens is 271 g/mol. The van der Waals surface area contributed by atoms with Crippen LogP contribution in [0.2, 0.25) is 0 Å². The van der Waals surface area contributed by atoms with E-state index >= 15 is 0 Å². The number of ether oxygens (including phenoxy) is 1. The van der Waals surface area contributed by atoms with Crippen molar-refractivity contribution in [3.8, 4) is 5.75 Å². The molecule has 0 unspecified atom stereocenters. The van der Waals surface area contributed by atoms with Gasteiger partial charge in [0.1, 0.15) is 11.6 Å². The van der Waals surface area contributed by atoms with Crippen LogP contribution >= 0.6 is 0 Å². The molecule has 0 bridgehead atoms. The minimum atomic E-state index is -0.333. The van der Waals surface area contributed by atoms with Gasteiger partial charge in [-0.05, 0) is 36.8 Å². The van der Waals surface area contributed by atoms with Gasteiger partial charge in [-0.2, -0.15) is 0 Å². The summed E-state index contributed by atoms with van der Waals surface area (Å²) in [7, 11) is 1.57.